The summed E-state index contributed by atoms with van der Waals surface area (Å²) in [4.78, 5) is 14.0. The highest BCUT2D eigenvalue weighted by Crippen LogP contribution is 2.31. The van der Waals surface area contributed by atoms with Gasteiger partial charge in [0.05, 0.1) is 14.2 Å². The predicted molar refractivity (Wildman–Crippen MR) is 97.4 cm³/mol. The van der Waals surface area contributed by atoms with Crippen LogP contribution >= 0.6 is 0 Å². The molecule has 0 aliphatic carbocycles. The van der Waals surface area contributed by atoms with Crippen LogP contribution < -0.4 is 14.2 Å². The average molecular weight is 343 g/mol. The Hall–Kier alpha value is -2.69. The summed E-state index contributed by atoms with van der Waals surface area (Å²) in [5.74, 6) is 1.91. The van der Waals surface area contributed by atoms with Gasteiger partial charge in [-0.3, -0.25) is 4.79 Å². The number of hydrogen-bond acceptors (Lipinski definition) is 4. The summed E-state index contributed by atoms with van der Waals surface area (Å²) in [7, 11) is 4.92. The van der Waals surface area contributed by atoms with Crippen LogP contribution in [0.25, 0.3) is 0 Å². The molecule has 25 heavy (non-hydrogen) atoms. The summed E-state index contributed by atoms with van der Waals surface area (Å²) in [6.07, 6.45) is 0. The van der Waals surface area contributed by atoms with Crippen molar-refractivity contribution in [2.24, 2.45) is 0 Å². The normalized spacial score (nSPS) is 10.3. The van der Waals surface area contributed by atoms with Gasteiger partial charge in [0.25, 0.3) is 5.91 Å². The number of benzene rings is 2. The molecule has 1 amide bonds. The van der Waals surface area contributed by atoms with Crippen LogP contribution in [0, 0.1) is 13.8 Å². The molecular formula is C20H25NO4. The lowest BCUT2D eigenvalue weighted by atomic mass is 10.1. The van der Waals surface area contributed by atoms with E-state index in [1.54, 1.807) is 26.2 Å². The summed E-state index contributed by atoms with van der Waals surface area (Å²) >= 11 is 0. The first-order valence-electron chi connectivity index (χ1n) is 8.10. The molecule has 0 heterocycles. The van der Waals surface area contributed by atoms with E-state index in [2.05, 4.69) is 0 Å². The van der Waals surface area contributed by atoms with Crippen molar-refractivity contribution in [1.82, 2.24) is 4.90 Å². The van der Waals surface area contributed by atoms with Crippen LogP contribution in [0.15, 0.2) is 36.4 Å². The number of likely N-dealkylation sites (N-methyl/N-ethyl adjacent to an activating group) is 1. The molecule has 0 bridgehead atoms. The third kappa shape index (κ3) is 4.66. The van der Waals surface area contributed by atoms with Crippen LogP contribution in [0.4, 0.5) is 0 Å². The van der Waals surface area contributed by atoms with Gasteiger partial charge in [-0.15, -0.1) is 0 Å². The van der Waals surface area contributed by atoms with Crippen molar-refractivity contribution in [1.29, 1.82) is 0 Å². The van der Waals surface area contributed by atoms with E-state index in [-0.39, 0.29) is 12.5 Å². The van der Waals surface area contributed by atoms with Crippen molar-refractivity contribution in [3.05, 3.63) is 53.1 Å². The zero-order valence-electron chi connectivity index (χ0n) is 15.5. The van der Waals surface area contributed by atoms with Gasteiger partial charge < -0.3 is 19.1 Å². The van der Waals surface area contributed by atoms with Crippen LogP contribution in [-0.2, 0) is 11.3 Å². The molecule has 0 radical (unpaired) electrons. The quantitative estimate of drug-likeness (QED) is 0.773. The van der Waals surface area contributed by atoms with Gasteiger partial charge in [0.2, 0.25) is 0 Å². The minimum Gasteiger partial charge on any atom is -0.493 e. The maximum atomic E-state index is 12.4. The van der Waals surface area contributed by atoms with Crippen LogP contribution in [0.5, 0.6) is 17.2 Å². The van der Waals surface area contributed by atoms with Crippen molar-refractivity contribution in [3.8, 4) is 17.2 Å². The summed E-state index contributed by atoms with van der Waals surface area (Å²) in [6.45, 7) is 4.40. The lowest BCUT2D eigenvalue weighted by Gasteiger charge is -2.20. The number of amides is 1. The Morgan fingerprint density at radius 1 is 1.04 bits per heavy atom. The van der Waals surface area contributed by atoms with Crippen LogP contribution in [0.2, 0.25) is 0 Å². The molecule has 0 aliphatic rings. The maximum Gasteiger partial charge on any atom is 0.260 e. The second kappa shape index (κ2) is 8.42. The topological polar surface area (TPSA) is 48.0 Å². The fourth-order valence-corrected chi connectivity index (χ4v) is 2.63. The average Bonchev–Trinajstić information content (AvgIpc) is 2.60. The first-order valence-corrected chi connectivity index (χ1v) is 8.10. The Balaban J connectivity index is 2.01. The standard InChI is InChI=1S/C20H25NO4/c1-14-9-10-17(15(2)11-14)25-13-19(22)21(3)12-16-7-6-8-18(23-4)20(16)24-5/h6-11H,12-13H2,1-5H3. The molecule has 5 nitrogen and oxygen atoms in total. The van der Waals surface area contributed by atoms with Crippen LogP contribution in [0.1, 0.15) is 16.7 Å². The van der Waals surface area contributed by atoms with Crippen molar-refractivity contribution in [2.45, 2.75) is 20.4 Å². The predicted octanol–water partition coefficient (Wildman–Crippen LogP) is 3.36. The molecule has 0 saturated carbocycles. The highest BCUT2D eigenvalue weighted by atomic mass is 16.5. The van der Waals surface area contributed by atoms with Crippen molar-refractivity contribution < 1.29 is 19.0 Å². The first-order chi connectivity index (χ1) is 12.0. The number of aryl methyl sites for hydroxylation is 2. The highest BCUT2D eigenvalue weighted by Gasteiger charge is 2.15. The molecular weight excluding hydrogens is 318 g/mol. The summed E-state index contributed by atoms with van der Waals surface area (Å²) in [6, 6.07) is 11.5. The largest absolute Gasteiger partial charge is 0.493 e. The smallest absolute Gasteiger partial charge is 0.260 e. The van der Waals surface area contributed by atoms with E-state index in [9.17, 15) is 4.79 Å². The molecule has 2 aromatic carbocycles. The van der Waals surface area contributed by atoms with E-state index in [0.717, 1.165) is 16.9 Å². The molecule has 2 rings (SSSR count). The van der Waals surface area contributed by atoms with Gasteiger partial charge >= 0.3 is 0 Å². The number of para-hydroxylation sites is 1. The van der Waals surface area contributed by atoms with E-state index in [0.29, 0.717) is 18.0 Å². The molecule has 0 fully saturated rings. The number of carbonyl (C=O) groups is 1. The Labute approximate surface area is 149 Å². The monoisotopic (exact) mass is 343 g/mol. The van der Waals surface area contributed by atoms with Gasteiger partial charge in [0.1, 0.15) is 5.75 Å². The zero-order chi connectivity index (χ0) is 18.4. The molecule has 0 aromatic heterocycles. The zero-order valence-corrected chi connectivity index (χ0v) is 15.5. The number of hydrogen-bond donors (Lipinski definition) is 0. The molecule has 0 saturated heterocycles. The number of methoxy groups -OCH3 is 2. The van der Waals surface area contributed by atoms with Crippen LogP contribution in [0.3, 0.4) is 0 Å². The van der Waals surface area contributed by atoms with E-state index in [1.807, 2.05) is 50.2 Å². The Morgan fingerprint density at radius 3 is 2.44 bits per heavy atom. The first kappa shape index (κ1) is 18.6. The Morgan fingerprint density at radius 2 is 1.80 bits per heavy atom. The van der Waals surface area contributed by atoms with E-state index >= 15 is 0 Å². The van der Waals surface area contributed by atoms with Gasteiger partial charge in [0, 0.05) is 19.2 Å². The SMILES string of the molecule is COc1cccc(CN(C)C(=O)COc2ccc(C)cc2C)c1OC. The number of nitrogens with zero attached hydrogens (tertiary/aromatic N) is 1. The summed E-state index contributed by atoms with van der Waals surface area (Å²) < 4.78 is 16.4. The van der Waals surface area contributed by atoms with Crippen molar-refractivity contribution >= 4 is 5.91 Å². The van der Waals surface area contributed by atoms with Gasteiger partial charge in [-0.1, -0.05) is 29.8 Å². The van der Waals surface area contributed by atoms with Crippen molar-refractivity contribution in [3.63, 3.8) is 0 Å². The molecule has 134 valence electrons. The third-order valence-electron chi connectivity index (χ3n) is 4.00. The highest BCUT2D eigenvalue weighted by molar-refractivity contribution is 5.77. The second-order valence-electron chi connectivity index (χ2n) is 5.96. The number of carbonyl (C=O) groups excluding carboxylic acids is 1. The minimum absolute atomic E-state index is 0.00726. The minimum atomic E-state index is -0.107. The molecule has 0 unspecified atom stereocenters. The fourth-order valence-electron chi connectivity index (χ4n) is 2.63. The Bertz CT molecular complexity index is 742. The van der Waals surface area contributed by atoms with Gasteiger partial charge in [-0.2, -0.15) is 0 Å². The lowest BCUT2D eigenvalue weighted by Crippen LogP contribution is -2.31. The van der Waals surface area contributed by atoms with E-state index in [4.69, 9.17) is 14.2 Å². The van der Waals surface area contributed by atoms with Crippen LogP contribution in [-0.4, -0.2) is 38.7 Å². The maximum absolute atomic E-state index is 12.4. The molecule has 2 aromatic rings. The number of rotatable bonds is 7. The van der Waals surface area contributed by atoms with Gasteiger partial charge in [0.15, 0.2) is 18.1 Å². The molecule has 0 N–H and O–H groups in total. The van der Waals surface area contributed by atoms with E-state index < -0.39 is 0 Å². The third-order valence-corrected chi connectivity index (χ3v) is 4.00. The molecule has 0 spiro atoms. The summed E-state index contributed by atoms with van der Waals surface area (Å²) in [5, 5.41) is 0. The fraction of sp³-hybridized carbons (Fsp3) is 0.350. The Kier molecular flexibility index (Phi) is 6.28. The second-order valence-corrected chi connectivity index (χ2v) is 5.96. The number of ether oxygens (including phenoxy) is 3. The van der Waals surface area contributed by atoms with Gasteiger partial charge in [-0.25, -0.2) is 0 Å². The molecule has 0 atom stereocenters. The van der Waals surface area contributed by atoms with E-state index in [1.165, 1.54) is 5.56 Å². The lowest BCUT2D eigenvalue weighted by molar-refractivity contribution is -0.132. The molecule has 0 aliphatic heterocycles. The van der Waals surface area contributed by atoms with Crippen molar-refractivity contribution in [2.75, 3.05) is 27.9 Å². The summed E-state index contributed by atoms with van der Waals surface area (Å²) in [5.41, 5.74) is 3.06. The molecule has 5 heteroatoms. The van der Waals surface area contributed by atoms with Gasteiger partial charge in [-0.05, 0) is 31.5 Å².